The van der Waals surface area contributed by atoms with Gasteiger partial charge in [0.25, 0.3) is 0 Å². The maximum absolute atomic E-state index is 4.57. The van der Waals surface area contributed by atoms with Crippen molar-refractivity contribution in [3.63, 3.8) is 0 Å². The summed E-state index contributed by atoms with van der Waals surface area (Å²) in [6, 6.07) is 12.8. The first-order chi connectivity index (χ1) is 9.58. The Labute approximate surface area is 129 Å². The van der Waals surface area contributed by atoms with Crippen molar-refractivity contribution in [3.8, 4) is 0 Å². The first kappa shape index (κ1) is 15.0. The van der Waals surface area contributed by atoms with Crippen LogP contribution in [0.4, 0.5) is 11.5 Å². The van der Waals surface area contributed by atoms with Gasteiger partial charge in [0.2, 0.25) is 0 Å². The summed E-state index contributed by atoms with van der Waals surface area (Å²) >= 11 is 3.50. The number of pyridine rings is 1. The molecule has 0 unspecified atom stereocenters. The molecule has 4 heteroatoms. The smallest absolute Gasteiger partial charge is 0.137 e. The number of rotatable bonds is 5. The van der Waals surface area contributed by atoms with Crippen LogP contribution in [0.15, 0.2) is 47.1 Å². The van der Waals surface area contributed by atoms with Gasteiger partial charge in [-0.1, -0.05) is 32.0 Å². The molecule has 0 saturated carbocycles. The van der Waals surface area contributed by atoms with Crippen LogP contribution in [-0.4, -0.2) is 18.1 Å². The van der Waals surface area contributed by atoms with Gasteiger partial charge < -0.3 is 10.2 Å². The van der Waals surface area contributed by atoms with Gasteiger partial charge in [-0.25, -0.2) is 4.98 Å². The third-order valence-electron chi connectivity index (χ3n) is 3.07. The van der Waals surface area contributed by atoms with E-state index in [-0.39, 0.29) is 0 Å². The molecule has 106 valence electrons. The third-order valence-corrected chi connectivity index (χ3v) is 3.51. The number of hydrogen-bond acceptors (Lipinski definition) is 3. The second-order valence-corrected chi connectivity index (χ2v) is 5.98. The highest BCUT2D eigenvalue weighted by Gasteiger charge is 2.11. The molecule has 0 fully saturated rings. The van der Waals surface area contributed by atoms with Crippen LogP contribution in [0, 0.1) is 0 Å². The Morgan fingerprint density at radius 2 is 1.95 bits per heavy atom. The van der Waals surface area contributed by atoms with Crippen LogP contribution < -0.4 is 10.2 Å². The van der Waals surface area contributed by atoms with E-state index in [1.54, 1.807) is 0 Å². The highest BCUT2D eigenvalue weighted by Crippen LogP contribution is 2.26. The van der Waals surface area contributed by atoms with Crippen molar-refractivity contribution in [2.45, 2.75) is 26.4 Å². The number of halogens is 1. The molecule has 1 aromatic carbocycles. The molecule has 0 aliphatic rings. The second-order valence-electron chi connectivity index (χ2n) is 5.07. The van der Waals surface area contributed by atoms with Crippen molar-refractivity contribution in [1.29, 1.82) is 0 Å². The molecule has 2 aromatic rings. The topological polar surface area (TPSA) is 28.2 Å². The number of nitrogens with zero attached hydrogens (tertiary/aromatic N) is 2. The van der Waals surface area contributed by atoms with Crippen molar-refractivity contribution in [2.24, 2.45) is 0 Å². The van der Waals surface area contributed by atoms with E-state index < -0.39 is 0 Å². The van der Waals surface area contributed by atoms with Crippen molar-refractivity contribution in [1.82, 2.24) is 10.3 Å². The largest absolute Gasteiger partial charge is 0.329 e. The van der Waals surface area contributed by atoms with E-state index in [4.69, 9.17) is 0 Å². The SMILES string of the molecule is CC(C)NCc1cc(Br)cnc1N(C)c1ccccc1. The molecule has 0 spiro atoms. The molecule has 1 aromatic heterocycles. The van der Waals surface area contributed by atoms with Crippen molar-refractivity contribution in [2.75, 3.05) is 11.9 Å². The highest BCUT2D eigenvalue weighted by atomic mass is 79.9. The van der Waals surface area contributed by atoms with Crippen LogP contribution >= 0.6 is 15.9 Å². The Hall–Kier alpha value is -1.39. The molecule has 0 aliphatic heterocycles. The quantitative estimate of drug-likeness (QED) is 0.892. The summed E-state index contributed by atoms with van der Waals surface area (Å²) in [7, 11) is 2.05. The van der Waals surface area contributed by atoms with E-state index in [0.29, 0.717) is 6.04 Å². The summed E-state index contributed by atoms with van der Waals surface area (Å²) < 4.78 is 1.00. The van der Waals surface area contributed by atoms with Gasteiger partial charge in [-0.15, -0.1) is 0 Å². The predicted molar refractivity (Wildman–Crippen MR) is 88.4 cm³/mol. The Bertz CT molecular complexity index is 555. The van der Waals surface area contributed by atoms with Gasteiger partial charge in [0.15, 0.2) is 0 Å². The zero-order chi connectivity index (χ0) is 14.5. The van der Waals surface area contributed by atoms with Gasteiger partial charge >= 0.3 is 0 Å². The molecule has 1 heterocycles. The Balaban J connectivity index is 2.30. The Morgan fingerprint density at radius 3 is 2.60 bits per heavy atom. The van der Waals surface area contributed by atoms with E-state index in [1.165, 1.54) is 5.56 Å². The maximum Gasteiger partial charge on any atom is 0.137 e. The lowest BCUT2D eigenvalue weighted by atomic mass is 10.2. The van der Waals surface area contributed by atoms with Gasteiger partial charge in [0, 0.05) is 41.6 Å². The van der Waals surface area contributed by atoms with Crippen LogP contribution in [0.5, 0.6) is 0 Å². The minimum absolute atomic E-state index is 0.448. The number of nitrogens with one attached hydrogen (secondary N) is 1. The molecule has 0 aliphatic carbocycles. The van der Waals surface area contributed by atoms with Crippen LogP contribution in [0.25, 0.3) is 0 Å². The molecule has 0 saturated heterocycles. The summed E-state index contributed by atoms with van der Waals surface area (Å²) in [4.78, 5) is 6.69. The second kappa shape index (κ2) is 6.86. The summed E-state index contributed by atoms with van der Waals surface area (Å²) in [5.41, 5.74) is 2.31. The van der Waals surface area contributed by atoms with E-state index >= 15 is 0 Å². The van der Waals surface area contributed by atoms with Crippen LogP contribution in [0.1, 0.15) is 19.4 Å². The van der Waals surface area contributed by atoms with E-state index in [9.17, 15) is 0 Å². The standard InChI is InChI=1S/C16H20BrN3/c1-12(2)18-10-13-9-14(17)11-19-16(13)20(3)15-7-5-4-6-8-15/h4-9,11-12,18H,10H2,1-3H3. The molecular weight excluding hydrogens is 314 g/mol. The summed E-state index contributed by atoms with van der Waals surface area (Å²) in [6.45, 7) is 5.09. The van der Waals surface area contributed by atoms with Crippen LogP contribution in [-0.2, 0) is 6.54 Å². The Morgan fingerprint density at radius 1 is 1.25 bits per heavy atom. The zero-order valence-electron chi connectivity index (χ0n) is 12.1. The molecule has 0 atom stereocenters. The number of para-hydroxylation sites is 1. The fourth-order valence-corrected chi connectivity index (χ4v) is 2.37. The summed E-state index contributed by atoms with van der Waals surface area (Å²) in [5.74, 6) is 0.979. The van der Waals surface area contributed by atoms with Crippen molar-refractivity contribution >= 4 is 27.4 Å². The lowest BCUT2D eigenvalue weighted by Gasteiger charge is -2.22. The number of aromatic nitrogens is 1. The zero-order valence-corrected chi connectivity index (χ0v) is 13.7. The molecule has 2 rings (SSSR count). The predicted octanol–water partition coefficient (Wildman–Crippen LogP) is 4.11. The Kier molecular flexibility index (Phi) is 5.15. The van der Waals surface area contributed by atoms with Gasteiger partial charge in [-0.05, 0) is 34.1 Å². The minimum atomic E-state index is 0.448. The molecular formula is C16H20BrN3. The molecule has 1 N–H and O–H groups in total. The van der Waals surface area contributed by atoms with Crippen molar-refractivity contribution < 1.29 is 0 Å². The van der Waals surface area contributed by atoms with E-state index in [0.717, 1.165) is 22.5 Å². The van der Waals surface area contributed by atoms with Crippen LogP contribution in [0.3, 0.4) is 0 Å². The fourth-order valence-electron chi connectivity index (χ4n) is 1.99. The van der Waals surface area contributed by atoms with Gasteiger partial charge in [-0.2, -0.15) is 0 Å². The lowest BCUT2D eigenvalue weighted by molar-refractivity contribution is 0.588. The average Bonchev–Trinajstić information content (AvgIpc) is 2.45. The minimum Gasteiger partial charge on any atom is -0.329 e. The molecule has 0 bridgehead atoms. The molecule has 0 amide bonds. The lowest BCUT2D eigenvalue weighted by Crippen LogP contribution is -2.24. The first-order valence-corrected chi connectivity index (χ1v) is 7.54. The molecule has 3 nitrogen and oxygen atoms in total. The number of anilines is 2. The summed E-state index contributed by atoms with van der Waals surface area (Å²) in [6.07, 6.45) is 1.84. The van der Waals surface area contributed by atoms with Gasteiger partial charge in [0.1, 0.15) is 5.82 Å². The molecule has 0 radical (unpaired) electrons. The summed E-state index contributed by atoms with van der Waals surface area (Å²) in [5, 5.41) is 3.45. The molecule has 20 heavy (non-hydrogen) atoms. The van der Waals surface area contributed by atoms with E-state index in [2.05, 4.69) is 63.2 Å². The van der Waals surface area contributed by atoms with Gasteiger partial charge in [-0.3, -0.25) is 0 Å². The maximum atomic E-state index is 4.57. The number of hydrogen-bond donors (Lipinski definition) is 1. The monoisotopic (exact) mass is 333 g/mol. The third kappa shape index (κ3) is 3.81. The highest BCUT2D eigenvalue weighted by molar-refractivity contribution is 9.10. The van der Waals surface area contributed by atoms with E-state index in [1.807, 2.05) is 31.4 Å². The average molecular weight is 334 g/mol. The fraction of sp³-hybridized carbons (Fsp3) is 0.312. The number of benzene rings is 1. The van der Waals surface area contributed by atoms with Crippen molar-refractivity contribution in [3.05, 3.63) is 52.6 Å². The van der Waals surface area contributed by atoms with Crippen LogP contribution in [0.2, 0.25) is 0 Å². The van der Waals surface area contributed by atoms with Gasteiger partial charge in [0.05, 0.1) is 0 Å². The normalized spacial score (nSPS) is 10.8. The first-order valence-electron chi connectivity index (χ1n) is 6.74.